The van der Waals surface area contributed by atoms with E-state index in [1.807, 2.05) is 63.2 Å². The van der Waals surface area contributed by atoms with Crippen LogP contribution in [0.4, 0.5) is 0 Å². The Hall–Kier alpha value is -1.85. The molecule has 2 aromatic carbocycles. The van der Waals surface area contributed by atoms with E-state index < -0.39 is 0 Å². The predicted octanol–water partition coefficient (Wildman–Crippen LogP) is 5.64. The maximum Gasteiger partial charge on any atom is 0.233 e. The molecule has 0 aliphatic carbocycles. The van der Waals surface area contributed by atoms with Crippen LogP contribution in [0.25, 0.3) is 0 Å². The Morgan fingerprint density at radius 2 is 2.04 bits per heavy atom. The lowest BCUT2D eigenvalue weighted by molar-refractivity contribution is -0.121. The average Bonchev–Trinajstić information content (AvgIpc) is 2.66. The minimum absolute atomic E-state index is 0.0342. The SMILES string of the molecule is CCC(Sc1ccc(Cl)cc1)C(=O)NC1CC(C)(C)Oc2cc(OC)ccc21. The maximum absolute atomic E-state index is 13.0. The fraction of sp³-hybridized carbons (Fsp3) is 0.409. The highest BCUT2D eigenvalue weighted by molar-refractivity contribution is 8.00. The second-order valence-corrected chi connectivity index (χ2v) is 9.21. The number of fused-ring (bicyclic) bond motifs is 1. The summed E-state index contributed by atoms with van der Waals surface area (Å²) in [5, 5.41) is 3.76. The largest absolute Gasteiger partial charge is 0.497 e. The monoisotopic (exact) mass is 419 g/mol. The molecule has 1 aliphatic heterocycles. The molecule has 0 radical (unpaired) electrons. The van der Waals surface area contributed by atoms with E-state index in [9.17, 15) is 4.79 Å². The number of halogens is 1. The standard InChI is InChI=1S/C22H26ClNO3S/c1-5-20(28-16-9-6-14(23)7-10-16)21(25)24-18-13-22(2,3)27-19-12-15(26-4)8-11-17(18)19/h6-12,18,20H,5,13H2,1-4H3,(H,24,25). The number of methoxy groups -OCH3 is 1. The molecular formula is C22H26ClNO3S. The minimum Gasteiger partial charge on any atom is -0.497 e. The summed E-state index contributed by atoms with van der Waals surface area (Å²) in [5.74, 6) is 1.54. The van der Waals surface area contributed by atoms with Gasteiger partial charge in [-0.05, 0) is 56.7 Å². The van der Waals surface area contributed by atoms with Crippen molar-refractivity contribution in [2.75, 3.05) is 7.11 Å². The van der Waals surface area contributed by atoms with Crippen LogP contribution in [-0.4, -0.2) is 23.9 Å². The number of carbonyl (C=O) groups excluding carboxylic acids is 1. The first-order chi connectivity index (χ1) is 13.3. The summed E-state index contributed by atoms with van der Waals surface area (Å²) >= 11 is 7.52. The molecule has 0 aromatic heterocycles. The number of amides is 1. The zero-order valence-electron chi connectivity index (χ0n) is 16.6. The van der Waals surface area contributed by atoms with Crippen molar-refractivity contribution in [2.45, 2.75) is 55.4 Å². The van der Waals surface area contributed by atoms with Crippen LogP contribution >= 0.6 is 23.4 Å². The summed E-state index contributed by atoms with van der Waals surface area (Å²) in [6, 6.07) is 13.2. The molecule has 1 N–H and O–H groups in total. The lowest BCUT2D eigenvalue weighted by Gasteiger charge is -2.38. The Labute approximate surface area is 175 Å². The minimum atomic E-state index is -0.373. The molecule has 0 spiro atoms. The normalized spacial score (nSPS) is 18.5. The van der Waals surface area contributed by atoms with Gasteiger partial charge >= 0.3 is 0 Å². The summed E-state index contributed by atoms with van der Waals surface area (Å²) < 4.78 is 11.4. The van der Waals surface area contributed by atoms with Gasteiger partial charge in [-0.2, -0.15) is 0 Å². The molecule has 0 saturated carbocycles. The first-order valence-electron chi connectivity index (χ1n) is 9.41. The molecule has 0 saturated heterocycles. The molecule has 0 bridgehead atoms. The molecule has 1 heterocycles. The van der Waals surface area contributed by atoms with E-state index in [1.165, 1.54) is 0 Å². The second-order valence-electron chi connectivity index (χ2n) is 7.50. The zero-order chi connectivity index (χ0) is 20.3. The van der Waals surface area contributed by atoms with Crippen molar-refractivity contribution in [1.82, 2.24) is 5.32 Å². The third kappa shape index (κ3) is 4.95. The Morgan fingerprint density at radius 3 is 2.68 bits per heavy atom. The van der Waals surface area contributed by atoms with Gasteiger partial charge in [-0.1, -0.05) is 18.5 Å². The summed E-state index contributed by atoms with van der Waals surface area (Å²) in [6.45, 7) is 6.10. The van der Waals surface area contributed by atoms with Gasteiger partial charge in [0.25, 0.3) is 0 Å². The van der Waals surface area contributed by atoms with Crippen LogP contribution in [0.2, 0.25) is 5.02 Å². The van der Waals surface area contributed by atoms with Crippen LogP contribution in [0.1, 0.15) is 45.2 Å². The van der Waals surface area contributed by atoms with Crippen molar-refractivity contribution in [3.8, 4) is 11.5 Å². The fourth-order valence-corrected chi connectivity index (χ4v) is 4.44. The highest BCUT2D eigenvalue weighted by Crippen LogP contribution is 2.41. The van der Waals surface area contributed by atoms with E-state index in [2.05, 4.69) is 5.32 Å². The van der Waals surface area contributed by atoms with E-state index in [-0.39, 0.29) is 22.8 Å². The van der Waals surface area contributed by atoms with Gasteiger partial charge in [0.05, 0.1) is 18.4 Å². The van der Waals surface area contributed by atoms with Gasteiger partial charge in [-0.15, -0.1) is 11.8 Å². The quantitative estimate of drug-likeness (QED) is 0.615. The number of benzene rings is 2. The molecule has 3 rings (SSSR count). The number of nitrogens with one attached hydrogen (secondary N) is 1. The molecular weight excluding hydrogens is 394 g/mol. The lowest BCUT2D eigenvalue weighted by Crippen LogP contribution is -2.43. The van der Waals surface area contributed by atoms with Crippen molar-refractivity contribution in [1.29, 1.82) is 0 Å². The molecule has 1 aliphatic rings. The Bertz CT molecular complexity index is 838. The highest BCUT2D eigenvalue weighted by atomic mass is 35.5. The van der Waals surface area contributed by atoms with E-state index >= 15 is 0 Å². The summed E-state index contributed by atoms with van der Waals surface area (Å²) in [6.07, 6.45) is 1.45. The number of hydrogen-bond donors (Lipinski definition) is 1. The smallest absolute Gasteiger partial charge is 0.233 e. The van der Waals surface area contributed by atoms with Crippen molar-refractivity contribution >= 4 is 29.3 Å². The first-order valence-corrected chi connectivity index (χ1v) is 10.7. The molecule has 2 unspecified atom stereocenters. The van der Waals surface area contributed by atoms with Gasteiger partial charge in [0, 0.05) is 28.0 Å². The van der Waals surface area contributed by atoms with Crippen LogP contribution in [0, 0.1) is 0 Å². The van der Waals surface area contributed by atoms with E-state index in [1.54, 1.807) is 18.9 Å². The van der Waals surface area contributed by atoms with Gasteiger partial charge in [-0.3, -0.25) is 4.79 Å². The molecule has 4 nitrogen and oxygen atoms in total. The van der Waals surface area contributed by atoms with Crippen molar-refractivity contribution < 1.29 is 14.3 Å². The summed E-state index contributed by atoms with van der Waals surface area (Å²) in [5.41, 5.74) is 0.613. The molecule has 0 fully saturated rings. The number of ether oxygens (including phenoxy) is 2. The first kappa shape index (κ1) is 20.9. The van der Waals surface area contributed by atoms with E-state index in [4.69, 9.17) is 21.1 Å². The van der Waals surface area contributed by atoms with Gasteiger partial charge in [-0.25, -0.2) is 0 Å². The highest BCUT2D eigenvalue weighted by Gasteiger charge is 2.35. The van der Waals surface area contributed by atoms with E-state index in [0.29, 0.717) is 11.4 Å². The summed E-state index contributed by atoms with van der Waals surface area (Å²) in [7, 11) is 1.63. The Kier molecular flexibility index (Phi) is 6.46. The van der Waals surface area contributed by atoms with Crippen LogP contribution in [0.15, 0.2) is 47.4 Å². The zero-order valence-corrected chi connectivity index (χ0v) is 18.2. The van der Waals surface area contributed by atoms with Crippen molar-refractivity contribution in [2.24, 2.45) is 0 Å². The number of rotatable bonds is 6. The third-order valence-electron chi connectivity index (χ3n) is 4.75. The van der Waals surface area contributed by atoms with Crippen molar-refractivity contribution in [3.05, 3.63) is 53.1 Å². The Morgan fingerprint density at radius 1 is 1.32 bits per heavy atom. The van der Waals surface area contributed by atoms with Crippen LogP contribution < -0.4 is 14.8 Å². The van der Waals surface area contributed by atoms with E-state index in [0.717, 1.165) is 28.4 Å². The average molecular weight is 420 g/mol. The van der Waals surface area contributed by atoms with Gasteiger partial charge in [0.15, 0.2) is 0 Å². The third-order valence-corrected chi connectivity index (χ3v) is 6.38. The molecule has 2 atom stereocenters. The number of carbonyl (C=O) groups is 1. The van der Waals surface area contributed by atoms with Gasteiger partial charge < -0.3 is 14.8 Å². The number of hydrogen-bond acceptors (Lipinski definition) is 4. The molecule has 150 valence electrons. The molecule has 28 heavy (non-hydrogen) atoms. The molecule has 2 aromatic rings. The molecule has 1 amide bonds. The number of thioether (sulfide) groups is 1. The van der Waals surface area contributed by atoms with Gasteiger partial charge in [0.1, 0.15) is 17.1 Å². The summed E-state index contributed by atoms with van der Waals surface area (Å²) in [4.78, 5) is 14.1. The maximum atomic E-state index is 13.0. The lowest BCUT2D eigenvalue weighted by atomic mass is 9.89. The van der Waals surface area contributed by atoms with Crippen molar-refractivity contribution in [3.63, 3.8) is 0 Å². The fourth-order valence-electron chi connectivity index (χ4n) is 3.35. The van der Waals surface area contributed by atoms with Crippen LogP contribution in [0.5, 0.6) is 11.5 Å². The topological polar surface area (TPSA) is 47.6 Å². The van der Waals surface area contributed by atoms with Crippen LogP contribution in [0.3, 0.4) is 0 Å². The Balaban J connectivity index is 1.77. The van der Waals surface area contributed by atoms with Gasteiger partial charge in [0.2, 0.25) is 5.91 Å². The predicted molar refractivity (Wildman–Crippen MR) is 115 cm³/mol. The molecule has 6 heteroatoms. The van der Waals surface area contributed by atoms with Crippen LogP contribution in [-0.2, 0) is 4.79 Å². The second kappa shape index (κ2) is 8.66.